The quantitative estimate of drug-likeness (QED) is 0.798. The highest BCUT2D eigenvalue weighted by Crippen LogP contribution is 2.36. The average Bonchev–Trinajstić information content (AvgIpc) is 2.37. The fourth-order valence-corrected chi connectivity index (χ4v) is 1.58. The smallest absolute Gasteiger partial charge is 0.326 e. The number of nitrogens with one attached hydrogen (secondary N) is 2. The summed E-state index contributed by atoms with van der Waals surface area (Å²) < 4.78 is 39.0. The van der Waals surface area contributed by atoms with Crippen molar-refractivity contribution in [3.63, 3.8) is 0 Å². The number of halogens is 3. The maximum absolute atomic E-state index is 13.0. The van der Waals surface area contributed by atoms with Gasteiger partial charge in [-0.05, 0) is 24.6 Å². The number of nitrogens with two attached hydrogens (primary N) is 1. The Labute approximate surface area is 119 Å². The van der Waals surface area contributed by atoms with E-state index in [4.69, 9.17) is 5.73 Å². The van der Waals surface area contributed by atoms with Crippen LogP contribution in [0.4, 0.5) is 24.5 Å². The molecule has 1 atom stereocenters. The summed E-state index contributed by atoms with van der Waals surface area (Å²) in [6.45, 7) is 2.83. The lowest BCUT2D eigenvalue weighted by Crippen LogP contribution is -2.35. The monoisotopic (exact) mass is 303 g/mol. The molecule has 0 aliphatic carbocycles. The van der Waals surface area contributed by atoms with Gasteiger partial charge >= 0.3 is 6.18 Å². The molecule has 21 heavy (non-hydrogen) atoms. The van der Waals surface area contributed by atoms with Crippen molar-refractivity contribution in [3.05, 3.63) is 23.8 Å². The first-order valence-corrected chi connectivity index (χ1v) is 6.20. The normalized spacial score (nSPS) is 12.7. The molecule has 2 amide bonds. The van der Waals surface area contributed by atoms with Crippen LogP contribution in [-0.4, -0.2) is 17.9 Å². The van der Waals surface area contributed by atoms with E-state index in [2.05, 4.69) is 10.6 Å². The first kappa shape index (κ1) is 17.0. The molecule has 1 unspecified atom stereocenters. The fourth-order valence-electron chi connectivity index (χ4n) is 1.58. The molecule has 0 aliphatic rings. The molecule has 0 fully saturated rings. The highest BCUT2D eigenvalue weighted by Gasteiger charge is 2.34. The highest BCUT2D eigenvalue weighted by atomic mass is 19.4. The van der Waals surface area contributed by atoms with Crippen molar-refractivity contribution in [3.8, 4) is 0 Å². The fraction of sp³-hybridized carbons (Fsp3) is 0.385. The van der Waals surface area contributed by atoms with E-state index in [9.17, 15) is 22.8 Å². The lowest BCUT2D eigenvalue weighted by Gasteiger charge is -2.17. The average molecular weight is 303 g/mol. The Bertz CT molecular complexity index is 544. The van der Waals surface area contributed by atoms with E-state index in [-0.39, 0.29) is 5.69 Å². The van der Waals surface area contributed by atoms with Crippen molar-refractivity contribution in [1.82, 2.24) is 0 Å². The second-order valence-electron chi connectivity index (χ2n) is 4.44. The molecule has 0 bridgehead atoms. The Kier molecular flexibility index (Phi) is 5.31. The Balaban J connectivity index is 3.14. The number of rotatable bonds is 4. The zero-order chi connectivity index (χ0) is 16.2. The topological polar surface area (TPSA) is 84.2 Å². The van der Waals surface area contributed by atoms with E-state index >= 15 is 0 Å². The lowest BCUT2D eigenvalue weighted by atomic mass is 10.1. The molecule has 0 saturated carbocycles. The van der Waals surface area contributed by atoms with E-state index < -0.39 is 35.3 Å². The molecule has 1 rings (SSSR count). The van der Waals surface area contributed by atoms with Crippen LogP contribution < -0.4 is 16.4 Å². The van der Waals surface area contributed by atoms with Gasteiger partial charge in [0.15, 0.2) is 0 Å². The van der Waals surface area contributed by atoms with Gasteiger partial charge in [-0.15, -0.1) is 0 Å². The summed E-state index contributed by atoms with van der Waals surface area (Å²) in [5.74, 6) is -1.19. The summed E-state index contributed by atoms with van der Waals surface area (Å²) in [5, 5.41) is 4.41. The number of hydrogen-bond donors (Lipinski definition) is 3. The summed E-state index contributed by atoms with van der Waals surface area (Å²) in [5.41, 5.74) is 4.01. The molecule has 4 N–H and O–H groups in total. The van der Waals surface area contributed by atoms with Gasteiger partial charge < -0.3 is 16.4 Å². The molecule has 0 aliphatic heterocycles. The number of hydrogen-bond acceptors (Lipinski definition) is 3. The summed E-state index contributed by atoms with van der Waals surface area (Å²) in [6, 6.07) is 2.22. The number of anilines is 2. The molecule has 0 saturated heterocycles. The Morgan fingerprint density at radius 1 is 1.29 bits per heavy atom. The minimum atomic E-state index is -4.67. The van der Waals surface area contributed by atoms with Crippen molar-refractivity contribution in [2.45, 2.75) is 32.5 Å². The Morgan fingerprint density at radius 2 is 1.90 bits per heavy atom. The van der Waals surface area contributed by atoms with Gasteiger partial charge in [-0.25, -0.2) is 0 Å². The van der Waals surface area contributed by atoms with Gasteiger partial charge in [-0.1, -0.05) is 6.92 Å². The van der Waals surface area contributed by atoms with Crippen LogP contribution in [0.2, 0.25) is 0 Å². The number of amides is 2. The van der Waals surface area contributed by atoms with Crippen molar-refractivity contribution < 1.29 is 22.8 Å². The van der Waals surface area contributed by atoms with Crippen molar-refractivity contribution >= 4 is 23.2 Å². The highest BCUT2D eigenvalue weighted by molar-refractivity contribution is 5.96. The van der Waals surface area contributed by atoms with E-state index in [0.717, 1.165) is 12.1 Å². The molecular weight excluding hydrogens is 287 g/mol. The van der Waals surface area contributed by atoms with Gasteiger partial charge in [0.1, 0.15) is 0 Å². The maximum atomic E-state index is 13.0. The Morgan fingerprint density at radius 3 is 2.38 bits per heavy atom. The van der Waals surface area contributed by atoms with Crippen LogP contribution in [0.3, 0.4) is 0 Å². The van der Waals surface area contributed by atoms with Crippen molar-refractivity contribution in [2.24, 2.45) is 5.73 Å². The molecule has 0 heterocycles. The number of carbonyl (C=O) groups is 2. The molecule has 0 spiro atoms. The van der Waals surface area contributed by atoms with E-state index in [0.29, 0.717) is 6.42 Å². The summed E-state index contributed by atoms with van der Waals surface area (Å²) in [6.07, 6.45) is -4.37. The van der Waals surface area contributed by atoms with Crippen LogP contribution in [0.15, 0.2) is 18.2 Å². The van der Waals surface area contributed by atoms with Crippen LogP contribution in [-0.2, 0) is 15.8 Å². The number of carbonyl (C=O) groups excluding carboxylic acids is 2. The molecule has 1 aromatic carbocycles. The zero-order valence-corrected chi connectivity index (χ0v) is 11.5. The van der Waals surface area contributed by atoms with Crippen LogP contribution in [0.1, 0.15) is 25.8 Å². The summed E-state index contributed by atoms with van der Waals surface area (Å²) >= 11 is 0. The van der Waals surface area contributed by atoms with Crippen LogP contribution in [0.5, 0.6) is 0 Å². The van der Waals surface area contributed by atoms with Crippen LogP contribution in [0, 0.1) is 0 Å². The van der Waals surface area contributed by atoms with Gasteiger partial charge in [0, 0.05) is 12.6 Å². The predicted octanol–water partition coefficient (Wildman–Crippen LogP) is 2.34. The molecule has 1 aromatic rings. The molecule has 8 heteroatoms. The van der Waals surface area contributed by atoms with Gasteiger partial charge in [0.2, 0.25) is 11.8 Å². The minimum absolute atomic E-state index is 0.00684. The number of benzene rings is 1. The van der Waals surface area contributed by atoms with Crippen LogP contribution in [0.25, 0.3) is 0 Å². The van der Waals surface area contributed by atoms with E-state index in [1.807, 2.05) is 0 Å². The van der Waals surface area contributed by atoms with Gasteiger partial charge in [0.05, 0.1) is 17.3 Å². The molecule has 0 radical (unpaired) electrons. The zero-order valence-electron chi connectivity index (χ0n) is 11.5. The molecule has 5 nitrogen and oxygen atoms in total. The third kappa shape index (κ3) is 4.75. The maximum Gasteiger partial charge on any atom is 0.418 e. The third-order valence-electron chi connectivity index (χ3n) is 2.68. The van der Waals surface area contributed by atoms with Gasteiger partial charge in [-0.2, -0.15) is 13.2 Å². The lowest BCUT2D eigenvalue weighted by molar-refractivity contribution is -0.137. The first-order valence-electron chi connectivity index (χ1n) is 6.20. The largest absolute Gasteiger partial charge is 0.418 e. The molecule has 0 aromatic heterocycles. The summed E-state index contributed by atoms with van der Waals surface area (Å²) in [7, 11) is 0. The van der Waals surface area contributed by atoms with E-state index in [1.165, 1.54) is 13.0 Å². The second-order valence-corrected chi connectivity index (χ2v) is 4.44. The Hall–Kier alpha value is -2.09. The minimum Gasteiger partial charge on any atom is -0.326 e. The van der Waals surface area contributed by atoms with Crippen molar-refractivity contribution in [1.29, 1.82) is 0 Å². The van der Waals surface area contributed by atoms with Gasteiger partial charge in [-0.3, -0.25) is 9.59 Å². The predicted molar refractivity (Wildman–Crippen MR) is 72.6 cm³/mol. The van der Waals surface area contributed by atoms with Gasteiger partial charge in [0.25, 0.3) is 0 Å². The third-order valence-corrected chi connectivity index (χ3v) is 2.68. The second kappa shape index (κ2) is 6.57. The summed E-state index contributed by atoms with van der Waals surface area (Å²) in [4.78, 5) is 22.5. The van der Waals surface area contributed by atoms with Crippen molar-refractivity contribution in [2.75, 3.05) is 10.6 Å². The number of alkyl halides is 3. The van der Waals surface area contributed by atoms with Crippen LogP contribution >= 0.6 is 0 Å². The molecule has 116 valence electrons. The molecular formula is C13H16F3N3O2. The SMILES string of the molecule is CCC(N)C(=O)Nc1ccc(NC(C)=O)cc1C(F)(F)F. The standard InChI is InChI=1S/C13H16F3N3O2/c1-3-10(17)12(21)19-11-5-4-8(18-7(2)20)6-9(11)13(14,15)16/h4-6,10H,3,17H2,1-2H3,(H,18,20)(H,19,21). The first-order chi connectivity index (χ1) is 9.65. The van der Waals surface area contributed by atoms with E-state index in [1.54, 1.807) is 6.92 Å².